The Morgan fingerprint density at radius 2 is 1.91 bits per heavy atom. The van der Waals surface area contributed by atoms with Crippen LogP contribution in [0.15, 0.2) is 24.3 Å². The lowest BCUT2D eigenvalue weighted by Crippen LogP contribution is -2.46. The van der Waals surface area contributed by atoms with Gasteiger partial charge in [0, 0.05) is 44.2 Å². The molecule has 1 saturated heterocycles. The highest BCUT2D eigenvalue weighted by Crippen LogP contribution is 2.18. The largest absolute Gasteiger partial charge is 0.497 e. The van der Waals surface area contributed by atoms with E-state index in [0.29, 0.717) is 17.9 Å². The van der Waals surface area contributed by atoms with Crippen LogP contribution in [0.3, 0.4) is 0 Å². The standard InChI is InChI=1S/C16H22N2O4/c1-22-14-4-2-12(3-5-14)16(21)13(10-15(19)20)11-18-8-6-17-7-9-18/h2-5,13,17H,6-11H2,1H3,(H,19,20). The molecule has 22 heavy (non-hydrogen) atoms. The average Bonchev–Trinajstić information content (AvgIpc) is 2.54. The van der Waals surface area contributed by atoms with Crippen LogP contribution in [-0.4, -0.2) is 61.6 Å². The SMILES string of the molecule is COc1ccc(C(=O)C(CC(=O)O)CN2CCNCC2)cc1. The first-order valence-corrected chi connectivity index (χ1v) is 7.43. The lowest BCUT2D eigenvalue weighted by molar-refractivity contribution is -0.137. The highest BCUT2D eigenvalue weighted by atomic mass is 16.5. The van der Waals surface area contributed by atoms with Crippen molar-refractivity contribution in [2.24, 2.45) is 5.92 Å². The zero-order valence-corrected chi connectivity index (χ0v) is 12.7. The Labute approximate surface area is 130 Å². The van der Waals surface area contributed by atoms with Crippen molar-refractivity contribution in [3.8, 4) is 5.75 Å². The monoisotopic (exact) mass is 306 g/mol. The van der Waals surface area contributed by atoms with Crippen LogP contribution in [0.5, 0.6) is 5.75 Å². The number of methoxy groups -OCH3 is 1. The molecule has 0 aliphatic carbocycles. The third kappa shape index (κ3) is 4.54. The van der Waals surface area contributed by atoms with E-state index in [0.717, 1.165) is 26.2 Å². The summed E-state index contributed by atoms with van der Waals surface area (Å²) in [5.74, 6) is -0.914. The minimum absolute atomic E-state index is 0.122. The maximum Gasteiger partial charge on any atom is 0.304 e. The Morgan fingerprint density at radius 3 is 2.45 bits per heavy atom. The van der Waals surface area contributed by atoms with Gasteiger partial charge < -0.3 is 20.1 Å². The number of ether oxygens (including phenoxy) is 1. The zero-order chi connectivity index (χ0) is 15.9. The zero-order valence-electron chi connectivity index (χ0n) is 12.7. The first kappa shape index (κ1) is 16.5. The second-order valence-electron chi connectivity index (χ2n) is 5.44. The predicted molar refractivity (Wildman–Crippen MR) is 82.4 cm³/mol. The molecule has 0 amide bonds. The Kier molecular flexibility index (Phi) is 5.91. The highest BCUT2D eigenvalue weighted by Gasteiger charge is 2.26. The van der Waals surface area contributed by atoms with E-state index >= 15 is 0 Å². The lowest BCUT2D eigenvalue weighted by Gasteiger charge is -2.30. The van der Waals surface area contributed by atoms with Gasteiger partial charge in [-0.1, -0.05) is 0 Å². The molecule has 120 valence electrons. The third-order valence-electron chi connectivity index (χ3n) is 3.85. The van der Waals surface area contributed by atoms with Gasteiger partial charge in [-0.25, -0.2) is 0 Å². The predicted octanol–water partition coefficient (Wildman–Crippen LogP) is 0.874. The molecule has 6 nitrogen and oxygen atoms in total. The molecule has 6 heteroatoms. The fraction of sp³-hybridized carbons (Fsp3) is 0.500. The first-order chi connectivity index (χ1) is 10.6. The molecule has 2 rings (SSSR count). The number of hydrogen-bond acceptors (Lipinski definition) is 5. The van der Waals surface area contributed by atoms with Gasteiger partial charge >= 0.3 is 5.97 Å². The summed E-state index contributed by atoms with van der Waals surface area (Å²) < 4.78 is 5.07. The number of carbonyl (C=O) groups excluding carboxylic acids is 1. The van der Waals surface area contributed by atoms with Gasteiger partial charge in [0.25, 0.3) is 0 Å². The topological polar surface area (TPSA) is 78.9 Å². The number of hydrogen-bond donors (Lipinski definition) is 2. The van der Waals surface area contributed by atoms with Crippen LogP contribution in [0.25, 0.3) is 0 Å². The second kappa shape index (κ2) is 7.91. The molecule has 0 aromatic heterocycles. The minimum atomic E-state index is -0.943. The molecule has 1 fully saturated rings. The van der Waals surface area contributed by atoms with Crippen molar-refractivity contribution in [2.75, 3.05) is 39.8 Å². The molecule has 1 unspecified atom stereocenters. The minimum Gasteiger partial charge on any atom is -0.497 e. The summed E-state index contributed by atoms with van der Waals surface area (Å²) in [7, 11) is 1.56. The van der Waals surface area contributed by atoms with Crippen molar-refractivity contribution < 1.29 is 19.4 Å². The van der Waals surface area contributed by atoms with Crippen LogP contribution in [0.2, 0.25) is 0 Å². The van der Waals surface area contributed by atoms with Crippen LogP contribution in [0.1, 0.15) is 16.8 Å². The number of rotatable bonds is 7. The highest BCUT2D eigenvalue weighted by molar-refractivity contribution is 5.99. The number of Topliss-reactive ketones (excluding diaryl/α,β-unsaturated/α-hetero) is 1. The summed E-state index contributed by atoms with van der Waals surface area (Å²) >= 11 is 0. The molecule has 0 bridgehead atoms. The molecule has 0 spiro atoms. The summed E-state index contributed by atoms with van der Waals surface area (Å²) in [6.07, 6.45) is -0.144. The summed E-state index contributed by atoms with van der Waals surface area (Å²) in [6.45, 7) is 3.91. The fourth-order valence-electron chi connectivity index (χ4n) is 2.65. The average molecular weight is 306 g/mol. The van der Waals surface area contributed by atoms with Crippen LogP contribution >= 0.6 is 0 Å². The molecular weight excluding hydrogens is 284 g/mol. The van der Waals surface area contributed by atoms with Gasteiger partial charge in [0.15, 0.2) is 5.78 Å². The van der Waals surface area contributed by atoms with Crippen molar-refractivity contribution >= 4 is 11.8 Å². The van der Waals surface area contributed by atoms with Gasteiger partial charge in [0.1, 0.15) is 5.75 Å². The Morgan fingerprint density at radius 1 is 1.27 bits per heavy atom. The van der Waals surface area contributed by atoms with E-state index in [-0.39, 0.29) is 12.2 Å². The Hall–Kier alpha value is -1.92. The number of carbonyl (C=O) groups is 2. The lowest BCUT2D eigenvalue weighted by atomic mass is 9.93. The summed E-state index contributed by atoms with van der Waals surface area (Å²) in [5.41, 5.74) is 0.530. The maximum absolute atomic E-state index is 12.6. The van der Waals surface area contributed by atoms with Crippen LogP contribution in [-0.2, 0) is 4.79 Å². The van der Waals surface area contributed by atoms with E-state index in [1.165, 1.54) is 0 Å². The summed E-state index contributed by atoms with van der Waals surface area (Å²) in [4.78, 5) is 25.8. The van der Waals surface area contributed by atoms with E-state index in [2.05, 4.69) is 10.2 Å². The molecule has 2 N–H and O–H groups in total. The molecule has 0 saturated carbocycles. The molecule has 1 heterocycles. The summed E-state index contributed by atoms with van der Waals surface area (Å²) in [6, 6.07) is 6.81. The maximum atomic E-state index is 12.6. The number of ketones is 1. The Bertz CT molecular complexity index is 509. The second-order valence-corrected chi connectivity index (χ2v) is 5.44. The van der Waals surface area contributed by atoms with E-state index in [4.69, 9.17) is 9.84 Å². The van der Waals surface area contributed by atoms with Crippen LogP contribution in [0, 0.1) is 5.92 Å². The van der Waals surface area contributed by atoms with Crippen molar-refractivity contribution in [2.45, 2.75) is 6.42 Å². The van der Waals surface area contributed by atoms with Crippen LogP contribution in [0.4, 0.5) is 0 Å². The summed E-state index contributed by atoms with van der Waals surface area (Å²) in [5, 5.41) is 12.3. The molecule has 0 radical (unpaired) electrons. The van der Waals surface area contributed by atoms with Gasteiger partial charge in [-0.2, -0.15) is 0 Å². The smallest absolute Gasteiger partial charge is 0.304 e. The van der Waals surface area contributed by atoms with Gasteiger partial charge in [-0.15, -0.1) is 0 Å². The molecule has 1 aliphatic rings. The van der Waals surface area contributed by atoms with Crippen molar-refractivity contribution in [1.29, 1.82) is 0 Å². The van der Waals surface area contributed by atoms with E-state index in [1.807, 2.05) is 0 Å². The Balaban J connectivity index is 2.08. The van der Waals surface area contributed by atoms with Crippen molar-refractivity contribution in [3.05, 3.63) is 29.8 Å². The molecule has 1 aromatic carbocycles. The number of nitrogens with zero attached hydrogens (tertiary/aromatic N) is 1. The first-order valence-electron chi connectivity index (χ1n) is 7.43. The third-order valence-corrected chi connectivity index (χ3v) is 3.85. The van der Waals surface area contributed by atoms with E-state index in [1.54, 1.807) is 31.4 Å². The van der Waals surface area contributed by atoms with Gasteiger partial charge in [0.2, 0.25) is 0 Å². The van der Waals surface area contributed by atoms with Crippen LogP contribution < -0.4 is 10.1 Å². The van der Waals surface area contributed by atoms with Gasteiger partial charge in [-0.3, -0.25) is 9.59 Å². The molecule has 1 atom stereocenters. The molecule has 1 aliphatic heterocycles. The number of carboxylic acid groups (broad SMARTS) is 1. The molecule has 1 aromatic rings. The number of aliphatic carboxylic acids is 1. The number of piperazine rings is 1. The number of benzene rings is 1. The molecular formula is C16H22N2O4. The number of nitrogens with one attached hydrogen (secondary N) is 1. The van der Waals surface area contributed by atoms with Crippen molar-refractivity contribution in [3.63, 3.8) is 0 Å². The normalized spacial score (nSPS) is 17.0. The van der Waals surface area contributed by atoms with E-state index in [9.17, 15) is 9.59 Å². The van der Waals surface area contributed by atoms with Crippen molar-refractivity contribution in [1.82, 2.24) is 10.2 Å². The quantitative estimate of drug-likeness (QED) is 0.728. The number of carboxylic acids is 1. The van der Waals surface area contributed by atoms with E-state index < -0.39 is 11.9 Å². The van der Waals surface area contributed by atoms with Gasteiger partial charge in [0.05, 0.1) is 13.5 Å². The van der Waals surface area contributed by atoms with Gasteiger partial charge in [-0.05, 0) is 24.3 Å². The fourth-order valence-corrected chi connectivity index (χ4v) is 2.65.